The molecular weight excluding hydrogens is 514 g/mol. The molecule has 40 heavy (non-hydrogen) atoms. The number of aryl methyl sites for hydroxylation is 1. The lowest BCUT2D eigenvalue weighted by molar-refractivity contribution is 0.102. The highest BCUT2D eigenvalue weighted by atomic mass is 35.5. The fraction of sp³-hybridized carbons (Fsp3) is 0.139. The van der Waals surface area contributed by atoms with Crippen molar-refractivity contribution in [2.45, 2.75) is 32.1 Å². The van der Waals surface area contributed by atoms with Crippen LogP contribution in [0.5, 0.6) is 5.75 Å². The van der Waals surface area contributed by atoms with Gasteiger partial charge in [-0.2, -0.15) is 0 Å². The van der Waals surface area contributed by atoms with Crippen LogP contribution in [-0.2, 0) is 5.41 Å². The molecule has 4 heteroatoms. The minimum atomic E-state index is -0.642. The normalized spacial score (nSPS) is 11.4. The first-order valence-corrected chi connectivity index (χ1v) is 13.8. The highest BCUT2D eigenvalue weighted by Gasteiger charge is 2.38. The van der Waals surface area contributed by atoms with Crippen molar-refractivity contribution in [2.75, 3.05) is 5.32 Å². The highest BCUT2D eigenvalue weighted by molar-refractivity contribution is 6.34. The van der Waals surface area contributed by atoms with Crippen molar-refractivity contribution in [1.29, 1.82) is 0 Å². The van der Waals surface area contributed by atoms with Crippen molar-refractivity contribution < 1.29 is 9.90 Å². The maximum absolute atomic E-state index is 13.4. The molecule has 5 aromatic carbocycles. The van der Waals surface area contributed by atoms with Crippen LogP contribution in [0.3, 0.4) is 0 Å². The number of aromatic hydroxyl groups is 1. The first-order chi connectivity index (χ1) is 19.3. The Bertz CT molecular complexity index is 1530. The minimum absolute atomic E-state index is 0.0106. The zero-order chi connectivity index (χ0) is 28.3. The van der Waals surface area contributed by atoms with Gasteiger partial charge in [-0.15, -0.1) is 0 Å². The molecule has 0 aromatic heterocycles. The van der Waals surface area contributed by atoms with E-state index in [-0.39, 0.29) is 17.2 Å². The van der Waals surface area contributed by atoms with Gasteiger partial charge in [0.1, 0.15) is 5.75 Å². The van der Waals surface area contributed by atoms with Crippen molar-refractivity contribution in [3.8, 4) is 5.75 Å². The van der Waals surface area contributed by atoms with E-state index >= 15 is 0 Å². The number of carbonyl (C=O) groups is 1. The average molecular weight is 546 g/mol. The monoisotopic (exact) mass is 545 g/mol. The molecule has 0 bridgehead atoms. The summed E-state index contributed by atoms with van der Waals surface area (Å²) in [4.78, 5) is 13.4. The van der Waals surface area contributed by atoms with Crippen LogP contribution < -0.4 is 5.32 Å². The molecule has 0 radical (unpaired) electrons. The summed E-state index contributed by atoms with van der Waals surface area (Å²) in [6.07, 6.45) is 0. The van der Waals surface area contributed by atoms with E-state index in [2.05, 4.69) is 41.7 Å². The largest absolute Gasteiger partial charge is 0.507 e. The molecule has 0 aliphatic heterocycles. The second-order valence-electron chi connectivity index (χ2n) is 10.3. The molecule has 200 valence electrons. The zero-order valence-electron chi connectivity index (χ0n) is 22.9. The molecule has 0 aliphatic carbocycles. The maximum Gasteiger partial charge on any atom is 0.259 e. The first kappa shape index (κ1) is 27.2. The van der Waals surface area contributed by atoms with Gasteiger partial charge in [0.25, 0.3) is 5.91 Å². The van der Waals surface area contributed by atoms with Crippen LogP contribution in [-0.4, -0.2) is 11.0 Å². The molecule has 0 aliphatic rings. The number of phenols is 1. The van der Waals surface area contributed by atoms with Crippen molar-refractivity contribution in [1.82, 2.24) is 0 Å². The SMILES string of the molecule is Cc1ccc(C(C)C)c(O)c1C(=O)Nc1ccc(C(c2ccccc2)(c2ccccc2)c2ccccc2)cc1Cl. The predicted octanol–water partition coefficient (Wildman–Crippen LogP) is 9.11. The number of hydrogen-bond donors (Lipinski definition) is 2. The molecule has 1 amide bonds. The molecule has 0 saturated carbocycles. The van der Waals surface area contributed by atoms with E-state index in [0.717, 1.165) is 27.8 Å². The van der Waals surface area contributed by atoms with E-state index in [4.69, 9.17) is 11.6 Å². The number of rotatable bonds is 7. The Kier molecular flexibility index (Phi) is 7.77. The number of halogens is 1. The average Bonchev–Trinajstić information content (AvgIpc) is 2.96. The van der Waals surface area contributed by atoms with Crippen LogP contribution in [0.2, 0.25) is 5.02 Å². The van der Waals surface area contributed by atoms with Crippen LogP contribution in [0.1, 0.15) is 63.5 Å². The molecule has 0 spiro atoms. The molecule has 0 saturated heterocycles. The Labute approximate surface area is 241 Å². The van der Waals surface area contributed by atoms with E-state index in [0.29, 0.717) is 16.3 Å². The molecule has 2 N–H and O–H groups in total. The predicted molar refractivity (Wildman–Crippen MR) is 165 cm³/mol. The molecule has 0 heterocycles. The summed E-state index contributed by atoms with van der Waals surface area (Å²) in [5.74, 6) is -0.304. The number of carbonyl (C=O) groups excluding carboxylic acids is 1. The lowest BCUT2D eigenvalue weighted by Crippen LogP contribution is -2.31. The van der Waals surface area contributed by atoms with Gasteiger partial charge in [-0.25, -0.2) is 0 Å². The van der Waals surface area contributed by atoms with Gasteiger partial charge in [0, 0.05) is 0 Å². The third-order valence-electron chi connectivity index (χ3n) is 7.54. The number of benzene rings is 5. The third kappa shape index (κ3) is 4.89. The van der Waals surface area contributed by atoms with Crippen LogP contribution in [0.15, 0.2) is 121 Å². The number of anilines is 1. The smallest absolute Gasteiger partial charge is 0.259 e. The second kappa shape index (κ2) is 11.4. The van der Waals surface area contributed by atoms with E-state index in [1.165, 1.54) is 0 Å². The topological polar surface area (TPSA) is 49.3 Å². The zero-order valence-corrected chi connectivity index (χ0v) is 23.6. The lowest BCUT2D eigenvalue weighted by Gasteiger charge is -2.37. The van der Waals surface area contributed by atoms with E-state index < -0.39 is 11.3 Å². The van der Waals surface area contributed by atoms with Crippen molar-refractivity contribution in [2.24, 2.45) is 0 Å². The summed E-state index contributed by atoms with van der Waals surface area (Å²) >= 11 is 6.91. The first-order valence-electron chi connectivity index (χ1n) is 13.4. The van der Waals surface area contributed by atoms with Crippen LogP contribution in [0.25, 0.3) is 0 Å². The Balaban J connectivity index is 1.64. The van der Waals surface area contributed by atoms with Crippen molar-refractivity contribution >= 4 is 23.2 Å². The molecule has 0 unspecified atom stereocenters. The fourth-order valence-corrected chi connectivity index (χ4v) is 5.79. The van der Waals surface area contributed by atoms with Crippen LogP contribution >= 0.6 is 11.6 Å². The van der Waals surface area contributed by atoms with E-state index in [1.54, 1.807) is 0 Å². The van der Waals surface area contributed by atoms with Gasteiger partial charge in [-0.1, -0.05) is 135 Å². The van der Waals surface area contributed by atoms with Crippen LogP contribution in [0, 0.1) is 6.92 Å². The highest BCUT2D eigenvalue weighted by Crippen LogP contribution is 2.46. The van der Waals surface area contributed by atoms with Gasteiger partial charge >= 0.3 is 0 Å². The van der Waals surface area contributed by atoms with Gasteiger partial charge in [0.15, 0.2) is 0 Å². The summed E-state index contributed by atoms with van der Waals surface area (Å²) in [6.45, 7) is 5.79. The summed E-state index contributed by atoms with van der Waals surface area (Å²) in [6, 6.07) is 40.7. The van der Waals surface area contributed by atoms with Gasteiger partial charge in [0.05, 0.1) is 21.7 Å². The minimum Gasteiger partial charge on any atom is -0.507 e. The molecule has 0 atom stereocenters. The summed E-state index contributed by atoms with van der Waals surface area (Å²) < 4.78 is 0. The standard InChI is InChI=1S/C36H32ClNO2/c1-24(2)30-21-19-25(3)33(34(30)39)35(40)38-32-22-20-29(23-31(32)37)36(26-13-7-4-8-14-26,27-15-9-5-10-16-27)28-17-11-6-12-18-28/h4-24,39H,1-3H3,(H,38,40). The van der Waals surface area contributed by atoms with E-state index in [1.807, 2.05) is 106 Å². The van der Waals surface area contributed by atoms with Crippen molar-refractivity contribution in [3.05, 3.63) is 165 Å². The lowest BCUT2D eigenvalue weighted by atomic mass is 9.65. The van der Waals surface area contributed by atoms with Gasteiger partial charge in [0.2, 0.25) is 0 Å². The fourth-order valence-electron chi connectivity index (χ4n) is 5.56. The summed E-state index contributed by atoms with van der Waals surface area (Å²) in [7, 11) is 0. The molecule has 3 nitrogen and oxygen atoms in total. The Morgan fingerprint density at radius 1 is 0.725 bits per heavy atom. The van der Waals surface area contributed by atoms with E-state index in [9.17, 15) is 9.90 Å². The molecule has 5 aromatic rings. The van der Waals surface area contributed by atoms with Crippen LogP contribution in [0.4, 0.5) is 5.69 Å². The number of phenolic OH excluding ortho intramolecular Hbond substituents is 1. The number of hydrogen-bond acceptors (Lipinski definition) is 2. The maximum atomic E-state index is 13.4. The molecular formula is C36H32ClNO2. The van der Waals surface area contributed by atoms with Gasteiger partial charge in [-0.3, -0.25) is 4.79 Å². The Hall–Kier alpha value is -4.34. The quantitative estimate of drug-likeness (QED) is 0.200. The summed E-state index contributed by atoms with van der Waals surface area (Å²) in [5.41, 5.74) is 5.81. The van der Waals surface area contributed by atoms with Gasteiger partial charge in [-0.05, 0) is 58.4 Å². The second-order valence-corrected chi connectivity index (χ2v) is 10.8. The summed E-state index contributed by atoms with van der Waals surface area (Å²) in [5, 5.41) is 14.2. The number of amides is 1. The Morgan fingerprint density at radius 2 is 1.23 bits per heavy atom. The number of nitrogens with one attached hydrogen (secondary N) is 1. The van der Waals surface area contributed by atoms with Crippen molar-refractivity contribution in [3.63, 3.8) is 0 Å². The molecule has 0 fully saturated rings. The third-order valence-corrected chi connectivity index (χ3v) is 7.85. The molecule has 5 rings (SSSR count). The Morgan fingerprint density at radius 3 is 1.68 bits per heavy atom. The van der Waals surface area contributed by atoms with Gasteiger partial charge < -0.3 is 10.4 Å².